The Labute approximate surface area is 103 Å². The van der Waals surface area contributed by atoms with Crippen molar-refractivity contribution in [3.05, 3.63) is 0 Å². The van der Waals surface area contributed by atoms with Crippen LogP contribution in [0.15, 0.2) is 10.3 Å². The Morgan fingerprint density at radius 1 is 1.59 bits per heavy atom. The van der Waals surface area contributed by atoms with Crippen molar-refractivity contribution in [1.29, 1.82) is 0 Å². The van der Waals surface area contributed by atoms with Crippen molar-refractivity contribution in [2.24, 2.45) is 10.9 Å². The summed E-state index contributed by atoms with van der Waals surface area (Å²) < 4.78 is 1.86. The van der Waals surface area contributed by atoms with Crippen molar-refractivity contribution < 1.29 is 5.21 Å². The maximum Gasteiger partial charge on any atom is 0.210 e. The Morgan fingerprint density at radius 2 is 2.29 bits per heavy atom. The van der Waals surface area contributed by atoms with Gasteiger partial charge < -0.3 is 10.9 Å². The average molecular weight is 256 g/mol. The second-order valence-corrected chi connectivity index (χ2v) is 5.44. The number of thioether (sulfide) groups is 1. The molecule has 1 fully saturated rings. The molecule has 1 aliphatic carbocycles. The molecule has 0 spiro atoms. The lowest BCUT2D eigenvalue weighted by molar-refractivity contribution is 0.317. The fourth-order valence-electron chi connectivity index (χ4n) is 1.94. The number of tetrazole rings is 1. The topological polar surface area (TPSA) is 102 Å². The molecule has 7 nitrogen and oxygen atoms in total. The molecule has 3 N–H and O–H groups in total. The summed E-state index contributed by atoms with van der Waals surface area (Å²) in [6.45, 7) is 1.85. The highest BCUT2D eigenvalue weighted by molar-refractivity contribution is 8.00. The van der Waals surface area contributed by atoms with Crippen LogP contribution in [0.4, 0.5) is 0 Å². The first kappa shape index (κ1) is 12.2. The highest BCUT2D eigenvalue weighted by Gasteiger charge is 2.23. The third-order valence-corrected chi connectivity index (χ3v) is 4.02. The molecular formula is C9H16N6OS. The lowest BCUT2D eigenvalue weighted by Crippen LogP contribution is -2.24. The number of amidine groups is 1. The molecule has 1 unspecified atom stereocenters. The van der Waals surface area contributed by atoms with Crippen LogP contribution in [0.2, 0.25) is 0 Å². The van der Waals surface area contributed by atoms with E-state index in [1.165, 1.54) is 24.6 Å². The second-order valence-electron chi connectivity index (χ2n) is 4.13. The highest BCUT2D eigenvalue weighted by atomic mass is 32.2. The van der Waals surface area contributed by atoms with E-state index in [0.29, 0.717) is 6.04 Å². The Kier molecular flexibility index (Phi) is 3.82. The van der Waals surface area contributed by atoms with Gasteiger partial charge in [0, 0.05) is 0 Å². The van der Waals surface area contributed by atoms with Crippen molar-refractivity contribution in [3.8, 4) is 0 Å². The van der Waals surface area contributed by atoms with Crippen LogP contribution in [0.3, 0.4) is 0 Å². The normalized spacial score (nSPS) is 19.7. The summed E-state index contributed by atoms with van der Waals surface area (Å²) in [6, 6.07) is 0.395. The van der Waals surface area contributed by atoms with E-state index in [1.54, 1.807) is 0 Å². The van der Waals surface area contributed by atoms with Gasteiger partial charge in [0.05, 0.1) is 11.3 Å². The Morgan fingerprint density at radius 3 is 2.94 bits per heavy atom. The predicted molar refractivity (Wildman–Crippen MR) is 64.0 cm³/mol. The van der Waals surface area contributed by atoms with E-state index in [4.69, 9.17) is 10.9 Å². The number of nitrogens with zero attached hydrogens (tertiary/aromatic N) is 5. The van der Waals surface area contributed by atoms with Gasteiger partial charge in [-0.1, -0.05) is 29.8 Å². The van der Waals surface area contributed by atoms with Crippen molar-refractivity contribution in [3.63, 3.8) is 0 Å². The molecule has 1 saturated carbocycles. The molecule has 17 heavy (non-hydrogen) atoms. The van der Waals surface area contributed by atoms with Crippen LogP contribution in [0, 0.1) is 0 Å². The smallest absolute Gasteiger partial charge is 0.210 e. The van der Waals surface area contributed by atoms with Crippen LogP contribution < -0.4 is 5.73 Å². The van der Waals surface area contributed by atoms with Gasteiger partial charge in [0.1, 0.15) is 0 Å². The third-order valence-electron chi connectivity index (χ3n) is 2.95. The number of rotatable bonds is 4. The van der Waals surface area contributed by atoms with E-state index >= 15 is 0 Å². The van der Waals surface area contributed by atoms with E-state index in [-0.39, 0.29) is 11.1 Å². The quantitative estimate of drug-likeness (QED) is 0.274. The molecule has 0 aliphatic heterocycles. The summed E-state index contributed by atoms with van der Waals surface area (Å²) in [6.07, 6.45) is 4.70. The summed E-state index contributed by atoms with van der Waals surface area (Å²) >= 11 is 1.41. The van der Waals surface area contributed by atoms with Gasteiger partial charge in [0.15, 0.2) is 5.84 Å². The summed E-state index contributed by atoms with van der Waals surface area (Å²) in [7, 11) is 0. The SMILES string of the molecule is CC(Sc1nnnn1C1CCCC1)C(N)=NO. The molecular weight excluding hydrogens is 240 g/mol. The van der Waals surface area contributed by atoms with Gasteiger partial charge in [-0.25, -0.2) is 4.68 Å². The zero-order valence-corrected chi connectivity index (χ0v) is 10.5. The molecule has 0 radical (unpaired) electrons. The molecule has 8 heteroatoms. The van der Waals surface area contributed by atoms with E-state index in [0.717, 1.165) is 18.0 Å². The van der Waals surface area contributed by atoms with Crippen molar-refractivity contribution >= 4 is 17.6 Å². The predicted octanol–water partition coefficient (Wildman–Crippen LogP) is 1.02. The minimum absolute atomic E-state index is 0.147. The van der Waals surface area contributed by atoms with Crippen LogP contribution in [0.1, 0.15) is 38.6 Å². The van der Waals surface area contributed by atoms with Crippen LogP contribution in [0.25, 0.3) is 0 Å². The average Bonchev–Trinajstić information content (AvgIpc) is 2.97. The molecule has 2 rings (SSSR count). The van der Waals surface area contributed by atoms with Gasteiger partial charge in [-0.15, -0.1) is 5.10 Å². The third kappa shape index (κ3) is 2.68. The maximum absolute atomic E-state index is 8.61. The van der Waals surface area contributed by atoms with Crippen LogP contribution in [0.5, 0.6) is 0 Å². The van der Waals surface area contributed by atoms with E-state index in [1.807, 2.05) is 11.6 Å². The van der Waals surface area contributed by atoms with Gasteiger partial charge in [0.2, 0.25) is 5.16 Å². The molecule has 0 saturated heterocycles. The van der Waals surface area contributed by atoms with E-state index in [9.17, 15) is 0 Å². The standard InChI is InChI=1S/C9H16N6OS/c1-6(8(10)12-16)17-9-11-13-14-15(9)7-4-2-3-5-7/h6-7,16H,2-5H2,1H3,(H2,10,12). The van der Waals surface area contributed by atoms with Gasteiger partial charge in [-0.05, 0) is 30.2 Å². The monoisotopic (exact) mass is 256 g/mol. The molecule has 0 aromatic carbocycles. The summed E-state index contributed by atoms with van der Waals surface area (Å²) in [5.74, 6) is 0.177. The molecule has 1 heterocycles. The molecule has 0 bridgehead atoms. The second kappa shape index (κ2) is 5.35. The Hall–Kier alpha value is -1.31. The molecule has 1 atom stereocenters. The zero-order chi connectivity index (χ0) is 12.3. The fraction of sp³-hybridized carbons (Fsp3) is 0.778. The van der Waals surface area contributed by atoms with Crippen molar-refractivity contribution in [2.75, 3.05) is 0 Å². The van der Waals surface area contributed by atoms with Crippen LogP contribution >= 0.6 is 11.8 Å². The highest BCUT2D eigenvalue weighted by Crippen LogP contribution is 2.32. The minimum Gasteiger partial charge on any atom is -0.409 e. The lowest BCUT2D eigenvalue weighted by Gasteiger charge is -2.13. The first-order valence-electron chi connectivity index (χ1n) is 5.64. The fourth-order valence-corrected chi connectivity index (χ4v) is 2.80. The number of oxime groups is 1. The van der Waals surface area contributed by atoms with E-state index < -0.39 is 0 Å². The van der Waals surface area contributed by atoms with Crippen molar-refractivity contribution in [2.45, 2.75) is 49.1 Å². The number of hydrogen-bond acceptors (Lipinski definition) is 6. The zero-order valence-electron chi connectivity index (χ0n) is 9.65. The van der Waals surface area contributed by atoms with Crippen LogP contribution in [-0.4, -0.2) is 36.5 Å². The van der Waals surface area contributed by atoms with Gasteiger partial charge >= 0.3 is 0 Å². The molecule has 1 aromatic heterocycles. The molecule has 0 amide bonds. The minimum atomic E-state index is -0.147. The first-order valence-corrected chi connectivity index (χ1v) is 6.52. The molecule has 1 aromatic rings. The molecule has 94 valence electrons. The van der Waals surface area contributed by atoms with Gasteiger partial charge in [0.25, 0.3) is 0 Å². The molecule has 1 aliphatic rings. The first-order chi connectivity index (χ1) is 8.22. The number of nitrogens with two attached hydrogens (primary N) is 1. The number of aromatic nitrogens is 4. The Bertz CT molecular complexity index is 400. The summed E-state index contributed by atoms with van der Waals surface area (Å²) in [4.78, 5) is 0. The lowest BCUT2D eigenvalue weighted by atomic mass is 10.3. The Balaban J connectivity index is 2.08. The van der Waals surface area contributed by atoms with Gasteiger partial charge in [-0.3, -0.25) is 0 Å². The maximum atomic E-state index is 8.61. The van der Waals surface area contributed by atoms with Crippen molar-refractivity contribution in [1.82, 2.24) is 20.2 Å². The van der Waals surface area contributed by atoms with Gasteiger partial charge in [-0.2, -0.15) is 0 Å². The van der Waals surface area contributed by atoms with Crippen LogP contribution in [-0.2, 0) is 0 Å². The number of hydrogen-bond donors (Lipinski definition) is 2. The summed E-state index contributed by atoms with van der Waals surface area (Å²) in [5, 5.41) is 23.9. The largest absolute Gasteiger partial charge is 0.409 e. The summed E-state index contributed by atoms with van der Waals surface area (Å²) in [5.41, 5.74) is 5.54. The van der Waals surface area contributed by atoms with E-state index in [2.05, 4.69) is 20.7 Å².